The summed E-state index contributed by atoms with van der Waals surface area (Å²) in [6.45, 7) is 2.36. The van der Waals surface area contributed by atoms with Crippen LogP contribution in [0.15, 0.2) is 57.9 Å². The molecule has 3 rings (SSSR count). The van der Waals surface area contributed by atoms with Crippen LogP contribution in [0.4, 0.5) is 0 Å². The Hall–Kier alpha value is -2.71. The number of sulfone groups is 1. The van der Waals surface area contributed by atoms with Crippen molar-refractivity contribution in [1.82, 2.24) is 15.5 Å². The summed E-state index contributed by atoms with van der Waals surface area (Å²) in [4.78, 5) is 16.1. The maximum absolute atomic E-state index is 12.4. The standard InChI is InChI=1S/C19H18ClN3O4S/c1-2-13-3-5-14(6-4-13)11-21-18(24)19-22-17(23-27-19)12-28(25,26)16-9-7-15(20)8-10-16/h3-10H,2,11-12H2,1H3,(H,21,24). The summed E-state index contributed by atoms with van der Waals surface area (Å²) in [7, 11) is -3.68. The van der Waals surface area contributed by atoms with Crippen LogP contribution in [0.1, 0.15) is 34.6 Å². The summed E-state index contributed by atoms with van der Waals surface area (Å²) in [6, 6.07) is 13.6. The lowest BCUT2D eigenvalue weighted by Gasteiger charge is -2.03. The molecule has 0 radical (unpaired) electrons. The number of halogens is 1. The van der Waals surface area contributed by atoms with Crippen LogP contribution in [0.3, 0.4) is 0 Å². The van der Waals surface area contributed by atoms with Gasteiger partial charge in [0.2, 0.25) is 0 Å². The van der Waals surface area contributed by atoms with E-state index >= 15 is 0 Å². The minimum atomic E-state index is -3.68. The van der Waals surface area contributed by atoms with Crippen molar-refractivity contribution in [3.05, 3.63) is 76.4 Å². The molecule has 146 valence electrons. The van der Waals surface area contributed by atoms with E-state index in [2.05, 4.69) is 22.4 Å². The van der Waals surface area contributed by atoms with E-state index in [1.807, 2.05) is 24.3 Å². The van der Waals surface area contributed by atoms with Crippen LogP contribution in [-0.4, -0.2) is 24.5 Å². The molecule has 28 heavy (non-hydrogen) atoms. The van der Waals surface area contributed by atoms with Gasteiger partial charge in [0.15, 0.2) is 15.7 Å². The Morgan fingerprint density at radius 2 is 1.71 bits per heavy atom. The maximum atomic E-state index is 12.4. The molecule has 0 aliphatic heterocycles. The van der Waals surface area contributed by atoms with E-state index < -0.39 is 21.5 Å². The van der Waals surface area contributed by atoms with Gasteiger partial charge in [-0.05, 0) is 41.8 Å². The van der Waals surface area contributed by atoms with Crippen LogP contribution in [0.5, 0.6) is 0 Å². The van der Waals surface area contributed by atoms with Crippen molar-refractivity contribution in [2.75, 3.05) is 0 Å². The van der Waals surface area contributed by atoms with Crippen LogP contribution < -0.4 is 5.32 Å². The monoisotopic (exact) mass is 419 g/mol. The third-order valence-corrected chi connectivity index (χ3v) is 5.92. The van der Waals surface area contributed by atoms with Gasteiger partial charge in [-0.1, -0.05) is 47.9 Å². The predicted octanol–water partition coefficient (Wildman–Crippen LogP) is 3.19. The Balaban J connectivity index is 1.62. The van der Waals surface area contributed by atoms with Crippen molar-refractivity contribution in [1.29, 1.82) is 0 Å². The lowest BCUT2D eigenvalue weighted by atomic mass is 10.1. The van der Waals surface area contributed by atoms with E-state index in [4.69, 9.17) is 16.1 Å². The highest BCUT2D eigenvalue weighted by atomic mass is 35.5. The van der Waals surface area contributed by atoms with Gasteiger partial charge in [-0.2, -0.15) is 4.98 Å². The fraction of sp³-hybridized carbons (Fsp3) is 0.211. The van der Waals surface area contributed by atoms with Crippen molar-refractivity contribution in [2.45, 2.75) is 30.5 Å². The van der Waals surface area contributed by atoms with Gasteiger partial charge in [-0.25, -0.2) is 8.42 Å². The molecule has 0 spiro atoms. The van der Waals surface area contributed by atoms with Crippen molar-refractivity contribution in [3.8, 4) is 0 Å². The first-order valence-corrected chi connectivity index (χ1v) is 10.6. The number of rotatable bonds is 7. The third-order valence-electron chi connectivity index (χ3n) is 4.04. The molecular weight excluding hydrogens is 402 g/mol. The lowest BCUT2D eigenvalue weighted by molar-refractivity contribution is 0.0907. The molecule has 0 fully saturated rings. The molecule has 9 heteroatoms. The van der Waals surface area contributed by atoms with Crippen LogP contribution in [0, 0.1) is 0 Å². The number of nitrogens with one attached hydrogen (secondary N) is 1. The molecule has 1 heterocycles. The van der Waals surface area contributed by atoms with Gasteiger partial charge in [0.1, 0.15) is 5.75 Å². The molecule has 0 bridgehead atoms. The SMILES string of the molecule is CCc1ccc(CNC(=O)c2nc(CS(=O)(=O)c3ccc(Cl)cc3)no2)cc1. The summed E-state index contributed by atoms with van der Waals surface area (Å²) in [5.41, 5.74) is 2.13. The van der Waals surface area contributed by atoms with Gasteiger partial charge in [-0.3, -0.25) is 4.79 Å². The lowest BCUT2D eigenvalue weighted by Crippen LogP contribution is -2.23. The van der Waals surface area contributed by atoms with Gasteiger partial charge in [0.25, 0.3) is 0 Å². The Labute approximate surface area is 167 Å². The zero-order chi connectivity index (χ0) is 20.1. The molecule has 1 N–H and O–H groups in total. The predicted molar refractivity (Wildman–Crippen MR) is 104 cm³/mol. The Morgan fingerprint density at radius 1 is 1.07 bits per heavy atom. The number of carbonyl (C=O) groups excluding carboxylic acids is 1. The van der Waals surface area contributed by atoms with Crippen molar-refractivity contribution < 1.29 is 17.7 Å². The third kappa shape index (κ3) is 4.96. The van der Waals surface area contributed by atoms with E-state index in [-0.39, 0.29) is 16.6 Å². The molecule has 0 saturated carbocycles. The van der Waals surface area contributed by atoms with Crippen molar-refractivity contribution in [2.24, 2.45) is 0 Å². The number of hydrogen-bond acceptors (Lipinski definition) is 6. The fourth-order valence-corrected chi connectivity index (χ4v) is 3.75. The molecular formula is C19H18ClN3O4S. The molecule has 0 unspecified atom stereocenters. The normalized spacial score (nSPS) is 11.4. The summed E-state index contributed by atoms with van der Waals surface area (Å²) in [6.07, 6.45) is 0.941. The van der Waals surface area contributed by atoms with Gasteiger partial charge < -0.3 is 9.84 Å². The van der Waals surface area contributed by atoms with Crippen LogP contribution in [-0.2, 0) is 28.6 Å². The Bertz CT molecular complexity index is 1060. The highest BCUT2D eigenvalue weighted by molar-refractivity contribution is 7.90. The second-order valence-electron chi connectivity index (χ2n) is 6.08. The molecule has 0 atom stereocenters. The number of amides is 1. The van der Waals surface area contributed by atoms with E-state index in [0.717, 1.165) is 12.0 Å². The van der Waals surface area contributed by atoms with Crippen LogP contribution >= 0.6 is 11.6 Å². The minimum absolute atomic E-state index is 0.0863. The first-order valence-electron chi connectivity index (χ1n) is 8.54. The van der Waals surface area contributed by atoms with E-state index in [1.165, 1.54) is 29.8 Å². The van der Waals surface area contributed by atoms with Gasteiger partial charge in [0.05, 0.1) is 4.90 Å². The second kappa shape index (κ2) is 8.53. The number of carbonyl (C=O) groups is 1. The zero-order valence-corrected chi connectivity index (χ0v) is 16.6. The maximum Gasteiger partial charge on any atom is 0.315 e. The minimum Gasteiger partial charge on any atom is -0.344 e. The van der Waals surface area contributed by atoms with Gasteiger partial charge >= 0.3 is 11.8 Å². The number of hydrogen-bond donors (Lipinski definition) is 1. The van der Waals surface area contributed by atoms with Crippen molar-refractivity contribution >= 4 is 27.3 Å². The number of nitrogens with zero attached hydrogens (tertiary/aromatic N) is 2. The molecule has 0 aliphatic carbocycles. The zero-order valence-electron chi connectivity index (χ0n) is 15.1. The number of aromatic nitrogens is 2. The van der Waals surface area contributed by atoms with E-state index in [0.29, 0.717) is 11.6 Å². The second-order valence-corrected chi connectivity index (χ2v) is 8.51. The quantitative estimate of drug-likeness (QED) is 0.630. The largest absolute Gasteiger partial charge is 0.344 e. The highest BCUT2D eigenvalue weighted by Gasteiger charge is 2.21. The summed E-state index contributed by atoms with van der Waals surface area (Å²) in [5, 5.41) is 6.69. The van der Waals surface area contributed by atoms with Crippen molar-refractivity contribution in [3.63, 3.8) is 0 Å². The molecule has 0 aliphatic rings. The van der Waals surface area contributed by atoms with E-state index in [9.17, 15) is 13.2 Å². The molecule has 3 aromatic rings. The van der Waals surface area contributed by atoms with E-state index in [1.54, 1.807) is 0 Å². The van der Waals surface area contributed by atoms with Crippen LogP contribution in [0.25, 0.3) is 0 Å². The molecule has 1 aromatic heterocycles. The fourth-order valence-electron chi connectivity index (χ4n) is 2.45. The topological polar surface area (TPSA) is 102 Å². The summed E-state index contributed by atoms with van der Waals surface area (Å²) < 4.78 is 29.7. The van der Waals surface area contributed by atoms with Gasteiger partial charge in [-0.15, -0.1) is 0 Å². The first kappa shape index (κ1) is 20.0. The van der Waals surface area contributed by atoms with Crippen LogP contribution in [0.2, 0.25) is 5.02 Å². The van der Waals surface area contributed by atoms with Gasteiger partial charge in [0, 0.05) is 11.6 Å². The molecule has 1 amide bonds. The summed E-state index contributed by atoms with van der Waals surface area (Å²) in [5.74, 6) is -1.43. The Kier molecular flexibility index (Phi) is 6.11. The highest BCUT2D eigenvalue weighted by Crippen LogP contribution is 2.18. The summed E-state index contributed by atoms with van der Waals surface area (Å²) >= 11 is 5.77. The smallest absolute Gasteiger partial charge is 0.315 e. The number of benzene rings is 2. The average Bonchev–Trinajstić information content (AvgIpc) is 3.14. The Morgan fingerprint density at radius 3 is 2.36 bits per heavy atom. The average molecular weight is 420 g/mol. The molecule has 0 saturated heterocycles. The first-order chi connectivity index (χ1) is 13.4. The molecule has 2 aromatic carbocycles. The molecule has 7 nitrogen and oxygen atoms in total. The number of aryl methyl sites for hydroxylation is 1.